The Morgan fingerprint density at radius 1 is 1.23 bits per heavy atom. The fraction of sp³-hybridized carbons (Fsp3) is 0.600. The lowest BCUT2D eigenvalue weighted by atomic mass is 9.89. The summed E-state index contributed by atoms with van der Waals surface area (Å²) in [4.78, 5) is 28.2. The van der Waals surface area contributed by atoms with E-state index in [-0.39, 0.29) is 29.7 Å². The predicted molar refractivity (Wildman–Crippen MR) is 96.6 cm³/mol. The van der Waals surface area contributed by atoms with Crippen LogP contribution in [0, 0.1) is 5.82 Å². The maximum Gasteiger partial charge on any atom is 0.248 e. The van der Waals surface area contributed by atoms with Crippen LogP contribution in [0.1, 0.15) is 43.0 Å². The van der Waals surface area contributed by atoms with Crippen molar-refractivity contribution in [2.45, 2.75) is 38.2 Å². The molecule has 2 heterocycles. The van der Waals surface area contributed by atoms with Crippen molar-refractivity contribution in [3.8, 4) is 0 Å². The molecule has 142 valence electrons. The summed E-state index contributed by atoms with van der Waals surface area (Å²) in [6.07, 6.45) is 3.11. The van der Waals surface area contributed by atoms with E-state index in [0.29, 0.717) is 18.5 Å². The number of halogens is 1. The molecule has 2 saturated heterocycles. The molecule has 1 amide bonds. The molecule has 2 aliphatic rings. The Balaban J connectivity index is 1.41. The average molecular weight is 362 g/mol. The van der Waals surface area contributed by atoms with Gasteiger partial charge in [0.1, 0.15) is 12.4 Å². The number of hydrogen-bond donors (Lipinski definition) is 0. The van der Waals surface area contributed by atoms with Gasteiger partial charge in [-0.1, -0.05) is 0 Å². The van der Waals surface area contributed by atoms with Crippen molar-refractivity contribution in [2.75, 3.05) is 39.3 Å². The maximum absolute atomic E-state index is 12.9. The zero-order valence-corrected chi connectivity index (χ0v) is 15.4. The highest BCUT2D eigenvalue weighted by Crippen LogP contribution is 2.30. The molecular formula is C20H27FN2O3. The summed E-state index contributed by atoms with van der Waals surface area (Å²) < 4.78 is 18.8. The molecule has 2 fully saturated rings. The second kappa shape index (κ2) is 8.27. The Morgan fingerprint density at radius 3 is 2.58 bits per heavy atom. The third-order valence-corrected chi connectivity index (χ3v) is 5.53. The van der Waals surface area contributed by atoms with E-state index in [2.05, 4.69) is 4.90 Å². The quantitative estimate of drug-likeness (QED) is 0.730. The maximum atomic E-state index is 12.9. The molecule has 1 aromatic rings. The number of morpholine rings is 1. The highest BCUT2D eigenvalue weighted by molar-refractivity contribution is 5.95. The van der Waals surface area contributed by atoms with Crippen LogP contribution in [0.4, 0.5) is 4.39 Å². The number of amides is 1. The van der Waals surface area contributed by atoms with E-state index >= 15 is 0 Å². The van der Waals surface area contributed by atoms with Gasteiger partial charge < -0.3 is 14.5 Å². The molecule has 5 nitrogen and oxygen atoms in total. The van der Waals surface area contributed by atoms with E-state index in [1.54, 1.807) is 12.1 Å². The number of hydrogen-bond acceptors (Lipinski definition) is 4. The van der Waals surface area contributed by atoms with Crippen molar-refractivity contribution in [3.05, 3.63) is 35.6 Å². The van der Waals surface area contributed by atoms with Crippen molar-refractivity contribution in [2.24, 2.45) is 0 Å². The minimum atomic E-state index is -0.322. The summed E-state index contributed by atoms with van der Waals surface area (Å²) in [5.74, 6) is -0.178. The van der Waals surface area contributed by atoms with Crippen LogP contribution >= 0.6 is 0 Å². The van der Waals surface area contributed by atoms with Crippen molar-refractivity contribution in [1.82, 2.24) is 9.80 Å². The van der Waals surface area contributed by atoms with Crippen molar-refractivity contribution in [1.29, 1.82) is 0 Å². The first-order valence-electron chi connectivity index (χ1n) is 9.44. The largest absolute Gasteiger partial charge is 0.363 e. The van der Waals surface area contributed by atoms with Gasteiger partial charge in [-0.15, -0.1) is 0 Å². The normalized spacial score (nSPS) is 20.5. The van der Waals surface area contributed by atoms with Crippen LogP contribution in [0.2, 0.25) is 0 Å². The van der Waals surface area contributed by atoms with Crippen LogP contribution in [0.15, 0.2) is 24.3 Å². The molecule has 3 rings (SSSR count). The summed E-state index contributed by atoms with van der Waals surface area (Å²) in [7, 11) is 0. The number of benzene rings is 1. The Labute approximate surface area is 154 Å². The van der Waals surface area contributed by atoms with Crippen molar-refractivity contribution >= 4 is 11.7 Å². The van der Waals surface area contributed by atoms with E-state index in [1.165, 1.54) is 12.1 Å². The SMILES string of the molecule is CCN1CC2(CCN(CCCC(=O)c3ccc(F)cc3)CC2)OCC1=O. The Kier molecular flexibility index (Phi) is 6.04. The summed E-state index contributed by atoms with van der Waals surface area (Å²) in [5, 5.41) is 0. The van der Waals surface area contributed by atoms with Gasteiger partial charge in [0, 0.05) is 38.2 Å². The van der Waals surface area contributed by atoms with Gasteiger partial charge >= 0.3 is 0 Å². The van der Waals surface area contributed by atoms with Gasteiger partial charge in [0.25, 0.3) is 0 Å². The van der Waals surface area contributed by atoms with E-state index in [0.717, 1.165) is 45.4 Å². The fourth-order valence-electron chi connectivity index (χ4n) is 3.81. The highest BCUT2D eigenvalue weighted by atomic mass is 19.1. The minimum absolute atomic E-state index is 0.0613. The fourth-order valence-corrected chi connectivity index (χ4v) is 3.81. The average Bonchev–Trinajstić information content (AvgIpc) is 2.66. The predicted octanol–water partition coefficient (Wildman–Crippen LogP) is 2.50. The molecule has 0 N–H and O–H groups in total. The first-order chi connectivity index (χ1) is 12.5. The Hall–Kier alpha value is -1.79. The van der Waals surface area contributed by atoms with Crippen molar-refractivity contribution < 1.29 is 18.7 Å². The van der Waals surface area contributed by atoms with Gasteiger partial charge in [0.05, 0.1) is 5.60 Å². The van der Waals surface area contributed by atoms with Crippen LogP contribution in [0.25, 0.3) is 0 Å². The van der Waals surface area contributed by atoms with E-state index in [9.17, 15) is 14.0 Å². The molecule has 0 aromatic heterocycles. The van der Waals surface area contributed by atoms with E-state index in [1.807, 2.05) is 11.8 Å². The van der Waals surface area contributed by atoms with Crippen LogP contribution in [0.3, 0.4) is 0 Å². The van der Waals surface area contributed by atoms with Gasteiger partial charge in [-0.05, 0) is 57.0 Å². The molecule has 1 aromatic carbocycles. The molecule has 1 spiro atoms. The standard InChI is InChI=1S/C20H27FN2O3/c1-2-23-15-20(26-14-19(23)25)9-12-22(13-10-20)11-3-4-18(24)16-5-7-17(21)8-6-16/h5-8H,2-4,9-15H2,1H3. The third-order valence-electron chi connectivity index (χ3n) is 5.53. The van der Waals surface area contributed by atoms with E-state index in [4.69, 9.17) is 4.74 Å². The smallest absolute Gasteiger partial charge is 0.248 e. The lowest BCUT2D eigenvalue weighted by Gasteiger charge is -2.46. The Bertz CT molecular complexity index is 639. The molecule has 0 atom stereocenters. The topological polar surface area (TPSA) is 49.9 Å². The molecule has 26 heavy (non-hydrogen) atoms. The number of rotatable bonds is 6. The summed E-state index contributed by atoms with van der Waals surface area (Å²) in [6, 6.07) is 5.74. The van der Waals surface area contributed by atoms with Gasteiger partial charge in [-0.3, -0.25) is 9.59 Å². The molecule has 2 aliphatic heterocycles. The molecular weight excluding hydrogens is 335 g/mol. The molecule has 0 saturated carbocycles. The van der Waals surface area contributed by atoms with Gasteiger partial charge in [0.2, 0.25) is 5.91 Å². The third kappa shape index (κ3) is 4.48. The van der Waals surface area contributed by atoms with E-state index < -0.39 is 0 Å². The molecule has 6 heteroatoms. The Morgan fingerprint density at radius 2 is 1.92 bits per heavy atom. The monoisotopic (exact) mass is 362 g/mol. The number of ether oxygens (including phenoxy) is 1. The highest BCUT2D eigenvalue weighted by Gasteiger charge is 2.41. The summed E-state index contributed by atoms with van der Waals surface area (Å²) in [5.41, 5.74) is 0.383. The van der Waals surface area contributed by atoms with Crippen LogP contribution in [-0.2, 0) is 9.53 Å². The number of likely N-dealkylation sites (tertiary alicyclic amines) is 1. The van der Waals surface area contributed by atoms with Crippen molar-refractivity contribution in [3.63, 3.8) is 0 Å². The number of likely N-dealkylation sites (N-methyl/N-ethyl adjacent to an activating group) is 1. The lowest BCUT2D eigenvalue weighted by molar-refractivity contribution is -0.171. The summed E-state index contributed by atoms with van der Waals surface area (Å²) in [6.45, 7) is 6.36. The number of carbonyl (C=O) groups is 2. The van der Waals surface area contributed by atoms with Crippen LogP contribution < -0.4 is 0 Å². The molecule has 0 aliphatic carbocycles. The number of ketones is 1. The van der Waals surface area contributed by atoms with Crippen LogP contribution in [0.5, 0.6) is 0 Å². The van der Waals surface area contributed by atoms with Gasteiger partial charge in [0.15, 0.2) is 5.78 Å². The molecule has 0 radical (unpaired) electrons. The first kappa shape index (κ1) is 19.0. The zero-order valence-electron chi connectivity index (χ0n) is 15.4. The first-order valence-corrected chi connectivity index (χ1v) is 9.44. The number of Topliss-reactive ketones (excluding diaryl/α,β-unsaturated/α-hetero) is 1. The molecule has 0 unspecified atom stereocenters. The molecule has 0 bridgehead atoms. The lowest BCUT2D eigenvalue weighted by Crippen LogP contribution is -2.58. The van der Waals surface area contributed by atoms with Gasteiger partial charge in [-0.25, -0.2) is 4.39 Å². The zero-order chi connectivity index (χ0) is 18.6. The number of piperidine rings is 1. The number of nitrogens with zero attached hydrogens (tertiary/aromatic N) is 2. The van der Waals surface area contributed by atoms with Gasteiger partial charge in [-0.2, -0.15) is 0 Å². The summed E-state index contributed by atoms with van der Waals surface area (Å²) >= 11 is 0. The minimum Gasteiger partial charge on any atom is -0.363 e. The second-order valence-corrected chi connectivity index (χ2v) is 7.25. The van der Waals surface area contributed by atoms with Crippen LogP contribution in [-0.4, -0.2) is 66.4 Å². The number of carbonyl (C=O) groups excluding carboxylic acids is 2. The second-order valence-electron chi connectivity index (χ2n) is 7.25.